The molecule has 3 heterocycles. The fraction of sp³-hybridized carbons (Fsp3) is 0.400. The first-order chi connectivity index (χ1) is 16.0. The van der Waals surface area contributed by atoms with Crippen molar-refractivity contribution in [2.45, 2.75) is 32.9 Å². The van der Waals surface area contributed by atoms with Crippen molar-refractivity contribution in [1.29, 1.82) is 0 Å². The van der Waals surface area contributed by atoms with Crippen molar-refractivity contribution in [2.75, 3.05) is 32.8 Å². The number of hydrogen-bond acceptors (Lipinski definition) is 5. The molecule has 1 aromatic carbocycles. The standard InChI is InChI=1S/C25H30ClN5O2/c1-18(2)28-24(32)17-31-16-23(29-25(31)19-4-3-5-21(26)14-19)20-6-7-22(27-15-20)8-9-30-10-12-33-13-11-30/h3-7,14-16,18H,8-13,17H2,1-2H3,(H,28,32). The lowest BCUT2D eigenvalue weighted by molar-refractivity contribution is -0.122. The summed E-state index contributed by atoms with van der Waals surface area (Å²) in [6, 6.07) is 11.7. The van der Waals surface area contributed by atoms with Gasteiger partial charge in [-0.15, -0.1) is 0 Å². The summed E-state index contributed by atoms with van der Waals surface area (Å²) in [5, 5.41) is 3.57. The van der Waals surface area contributed by atoms with Gasteiger partial charge >= 0.3 is 0 Å². The van der Waals surface area contributed by atoms with Gasteiger partial charge in [-0.2, -0.15) is 0 Å². The molecule has 0 atom stereocenters. The quantitative estimate of drug-likeness (QED) is 0.547. The third-order valence-corrected chi connectivity index (χ3v) is 5.77. The Balaban J connectivity index is 1.54. The molecule has 0 spiro atoms. The van der Waals surface area contributed by atoms with Crippen LogP contribution in [0.4, 0.5) is 0 Å². The Bertz CT molecular complexity index is 1070. The van der Waals surface area contributed by atoms with E-state index in [9.17, 15) is 4.79 Å². The Morgan fingerprint density at radius 1 is 1.18 bits per heavy atom. The zero-order valence-electron chi connectivity index (χ0n) is 19.1. The minimum atomic E-state index is -0.0613. The van der Waals surface area contributed by atoms with Crippen LogP contribution in [0.1, 0.15) is 19.5 Å². The Labute approximate surface area is 199 Å². The molecular formula is C25H30ClN5O2. The van der Waals surface area contributed by atoms with Crippen LogP contribution in [-0.4, -0.2) is 64.2 Å². The Kier molecular flexibility index (Phi) is 7.75. The van der Waals surface area contributed by atoms with Crippen molar-refractivity contribution in [3.05, 3.63) is 59.5 Å². The number of nitrogens with zero attached hydrogens (tertiary/aromatic N) is 4. The molecule has 2 aromatic heterocycles. The number of ether oxygens (including phenoxy) is 1. The fourth-order valence-electron chi connectivity index (χ4n) is 3.88. The average Bonchev–Trinajstić information content (AvgIpc) is 3.22. The van der Waals surface area contributed by atoms with E-state index in [2.05, 4.69) is 21.3 Å². The van der Waals surface area contributed by atoms with Crippen LogP contribution in [0.2, 0.25) is 5.02 Å². The number of carbonyl (C=O) groups excluding carboxylic acids is 1. The maximum absolute atomic E-state index is 12.5. The van der Waals surface area contributed by atoms with Gasteiger partial charge in [0.2, 0.25) is 5.91 Å². The molecule has 1 aliphatic heterocycles. The van der Waals surface area contributed by atoms with Gasteiger partial charge in [0.25, 0.3) is 0 Å². The molecule has 8 heteroatoms. The maximum atomic E-state index is 12.5. The van der Waals surface area contributed by atoms with Crippen molar-refractivity contribution < 1.29 is 9.53 Å². The minimum absolute atomic E-state index is 0.0613. The summed E-state index contributed by atoms with van der Waals surface area (Å²) in [6.45, 7) is 8.62. The second-order valence-corrected chi connectivity index (χ2v) is 8.99. The highest BCUT2D eigenvalue weighted by Crippen LogP contribution is 2.26. The van der Waals surface area contributed by atoms with Crippen LogP contribution in [0.5, 0.6) is 0 Å². The van der Waals surface area contributed by atoms with Gasteiger partial charge in [-0.1, -0.05) is 23.7 Å². The number of rotatable bonds is 8. The minimum Gasteiger partial charge on any atom is -0.379 e. The lowest BCUT2D eigenvalue weighted by Gasteiger charge is -2.26. The highest BCUT2D eigenvalue weighted by Gasteiger charge is 2.16. The number of benzene rings is 1. The number of imidazole rings is 1. The van der Waals surface area contributed by atoms with Gasteiger partial charge in [0.05, 0.1) is 18.9 Å². The van der Waals surface area contributed by atoms with Crippen LogP contribution in [0.3, 0.4) is 0 Å². The number of carbonyl (C=O) groups is 1. The first-order valence-electron chi connectivity index (χ1n) is 11.4. The molecular weight excluding hydrogens is 438 g/mol. The molecule has 1 amide bonds. The molecule has 1 saturated heterocycles. The van der Waals surface area contributed by atoms with Crippen LogP contribution in [-0.2, 0) is 22.5 Å². The van der Waals surface area contributed by atoms with Crippen molar-refractivity contribution in [1.82, 2.24) is 24.8 Å². The summed E-state index contributed by atoms with van der Waals surface area (Å²) in [7, 11) is 0. The normalized spacial score (nSPS) is 14.5. The van der Waals surface area contributed by atoms with E-state index in [0.717, 1.165) is 61.8 Å². The summed E-state index contributed by atoms with van der Waals surface area (Å²) in [4.78, 5) is 24.4. The molecule has 3 aromatic rings. The predicted molar refractivity (Wildman–Crippen MR) is 130 cm³/mol. The number of morpholine rings is 1. The highest BCUT2D eigenvalue weighted by atomic mass is 35.5. The smallest absolute Gasteiger partial charge is 0.240 e. The van der Waals surface area contributed by atoms with Crippen LogP contribution >= 0.6 is 11.6 Å². The van der Waals surface area contributed by atoms with Gasteiger partial charge < -0.3 is 14.6 Å². The monoisotopic (exact) mass is 467 g/mol. The van der Waals surface area contributed by atoms with E-state index in [-0.39, 0.29) is 18.5 Å². The van der Waals surface area contributed by atoms with Crippen LogP contribution in [0.15, 0.2) is 48.8 Å². The molecule has 0 unspecified atom stereocenters. The Hall–Kier alpha value is -2.74. The van der Waals surface area contributed by atoms with E-state index < -0.39 is 0 Å². The van der Waals surface area contributed by atoms with Crippen molar-refractivity contribution >= 4 is 17.5 Å². The molecule has 1 aliphatic rings. The highest BCUT2D eigenvalue weighted by molar-refractivity contribution is 6.30. The second-order valence-electron chi connectivity index (χ2n) is 8.55. The summed E-state index contributed by atoms with van der Waals surface area (Å²) in [6.07, 6.45) is 4.66. The largest absolute Gasteiger partial charge is 0.379 e. The molecule has 0 saturated carbocycles. The average molecular weight is 468 g/mol. The maximum Gasteiger partial charge on any atom is 0.240 e. The van der Waals surface area contributed by atoms with Crippen LogP contribution in [0.25, 0.3) is 22.6 Å². The zero-order valence-corrected chi connectivity index (χ0v) is 19.9. The van der Waals surface area contributed by atoms with E-state index in [1.807, 2.05) is 61.1 Å². The van der Waals surface area contributed by atoms with Gasteiger partial charge in [0.15, 0.2) is 0 Å². The molecule has 0 bridgehead atoms. The van der Waals surface area contributed by atoms with E-state index in [1.54, 1.807) is 0 Å². The zero-order chi connectivity index (χ0) is 23.2. The predicted octanol–water partition coefficient (Wildman–Crippen LogP) is 3.66. The third-order valence-electron chi connectivity index (χ3n) is 5.53. The van der Waals surface area contributed by atoms with E-state index in [4.69, 9.17) is 21.3 Å². The Morgan fingerprint density at radius 2 is 2.00 bits per heavy atom. The van der Waals surface area contributed by atoms with E-state index in [0.29, 0.717) is 10.8 Å². The number of aromatic nitrogens is 3. The second kappa shape index (κ2) is 10.9. The molecule has 0 aliphatic carbocycles. The van der Waals surface area contributed by atoms with Gasteiger partial charge in [-0.05, 0) is 38.1 Å². The molecule has 1 N–H and O–H groups in total. The molecule has 0 radical (unpaired) electrons. The number of pyridine rings is 1. The number of halogens is 1. The summed E-state index contributed by atoms with van der Waals surface area (Å²) in [5.74, 6) is 0.636. The van der Waals surface area contributed by atoms with Crippen molar-refractivity contribution in [2.24, 2.45) is 0 Å². The molecule has 1 fully saturated rings. The molecule has 33 heavy (non-hydrogen) atoms. The van der Waals surface area contributed by atoms with E-state index >= 15 is 0 Å². The van der Waals surface area contributed by atoms with Crippen LogP contribution < -0.4 is 5.32 Å². The number of hydrogen-bond donors (Lipinski definition) is 1. The summed E-state index contributed by atoms with van der Waals surface area (Å²) >= 11 is 6.21. The van der Waals surface area contributed by atoms with Gasteiger partial charge in [0.1, 0.15) is 12.4 Å². The number of nitrogens with one attached hydrogen (secondary N) is 1. The van der Waals surface area contributed by atoms with E-state index in [1.165, 1.54) is 0 Å². The first-order valence-corrected chi connectivity index (χ1v) is 11.7. The van der Waals surface area contributed by atoms with Crippen molar-refractivity contribution in [3.63, 3.8) is 0 Å². The first kappa shape index (κ1) is 23.4. The summed E-state index contributed by atoms with van der Waals surface area (Å²) < 4.78 is 7.28. The Morgan fingerprint density at radius 3 is 2.70 bits per heavy atom. The van der Waals surface area contributed by atoms with Gasteiger partial charge in [-0.25, -0.2) is 4.98 Å². The SMILES string of the molecule is CC(C)NC(=O)Cn1cc(-c2ccc(CCN3CCOCC3)nc2)nc1-c1cccc(Cl)c1. The van der Waals surface area contributed by atoms with Gasteiger partial charge in [0, 0.05) is 66.3 Å². The molecule has 174 valence electrons. The molecule has 4 rings (SSSR count). The summed E-state index contributed by atoms with van der Waals surface area (Å²) in [5.41, 5.74) is 3.60. The van der Waals surface area contributed by atoms with Crippen LogP contribution in [0, 0.1) is 0 Å². The number of amides is 1. The fourth-order valence-corrected chi connectivity index (χ4v) is 4.07. The molecule has 7 nitrogen and oxygen atoms in total. The lowest BCUT2D eigenvalue weighted by Crippen LogP contribution is -2.37. The topological polar surface area (TPSA) is 72.3 Å². The lowest BCUT2D eigenvalue weighted by atomic mass is 10.2. The third kappa shape index (κ3) is 6.41. The van der Waals surface area contributed by atoms with Crippen molar-refractivity contribution in [3.8, 4) is 22.6 Å². The van der Waals surface area contributed by atoms with Gasteiger partial charge in [-0.3, -0.25) is 14.7 Å².